The predicted molar refractivity (Wildman–Crippen MR) is 99.6 cm³/mol. The van der Waals surface area contributed by atoms with E-state index in [1.807, 2.05) is 6.07 Å². The van der Waals surface area contributed by atoms with E-state index in [2.05, 4.69) is 5.10 Å². The van der Waals surface area contributed by atoms with E-state index < -0.39 is 11.8 Å². The highest BCUT2D eigenvalue weighted by Crippen LogP contribution is 2.22. The third-order valence-electron chi connectivity index (χ3n) is 3.44. The monoisotopic (exact) mass is 387 g/mol. The molecule has 2 aromatic rings. The SMILES string of the molecule is N#Cc1ccc(C(=O)CS/C(=N/N)N(N)c2ccc(C(=O)O)cc2F)cc1. The summed E-state index contributed by atoms with van der Waals surface area (Å²) >= 11 is 0.885. The van der Waals surface area contributed by atoms with Gasteiger partial charge in [0.25, 0.3) is 0 Å². The van der Waals surface area contributed by atoms with Crippen LogP contribution in [0.3, 0.4) is 0 Å². The number of aromatic carboxylic acids is 1. The summed E-state index contributed by atoms with van der Waals surface area (Å²) < 4.78 is 14.1. The lowest BCUT2D eigenvalue weighted by Crippen LogP contribution is -2.37. The fraction of sp³-hybridized carbons (Fsp3) is 0.0588. The Morgan fingerprint density at radius 3 is 2.37 bits per heavy atom. The van der Waals surface area contributed by atoms with Gasteiger partial charge < -0.3 is 10.9 Å². The highest BCUT2D eigenvalue weighted by molar-refractivity contribution is 8.14. The van der Waals surface area contributed by atoms with Crippen molar-refractivity contribution in [3.05, 3.63) is 65.0 Å². The van der Waals surface area contributed by atoms with Crippen LogP contribution in [-0.4, -0.2) is 27.8 Å². The lowest BCUT2D eigenvalue weighted by atomic mass is 10.1. The van der Waals surface area contributed by atoms with Gasteiger partial charge in [0, 0.05) is 5.56 Å². The number of benzene rings is 2. The zero-order valence-corrected chi connectivity index (χ0v) is 14.6. The lowest BCUT2D eigenvalue weighted by molar-refractivity contribution is 0.0696. The van der Waals surface area contributed by atoms with Gasteiger partial charge in [-0.05, 0) is 30.3 Å². The Balaban J connectivity index is 2.09. The lowest BCUT2D eigenvalue weighted by Gasteiger charge is -2.20. The number of amidine groups is 1. The van der Waals surface area contributed by atoms with Gasteiger partial charge >= 0.3 is 5.97 Å². The molecular weight excluding hydrogens is 373 g/mol. The van der Waals surface area contributed by atoms with Crippen molar-refractivity contribution in [2.24, 2.45) is 16.8 Å². The number of hydrazone groups is 1. The van der Waals surface area contributed by atoms with Crippen molar-refractivity contribution in [3.8, 4) is 6.07 Å². The number of carbonyl (C=O) groups is 2. The third kappa shape index (κ3) is 4.81. The van der Waals surface area contributed by atoms with Crippen LogP contribution < -0.4 is 16.7 Å². The minimum atomic E-state index is -1.28. The number of nitriles is 1. The summed E-state index contributed by atoms with van der Waals surface area (Å²) in [5.74, 6) is 8.59. The van der Waals surface area contributed by atoms with E-state index in [4.69, 9.17) is 22.1 Å². The number of nitrogens with zero attached hydrogens (tertiary/aromatic N) is 3. The second kappa shape index (κ2) is 8.79. The Morgan fingerprint density at radius 1 is 1.22 bits per heavy atom. The fourth-order valence-electron chi connectivity index (χ4n) is 2.05. The predicted octanol–water partition coefficient (Wildman–Crippen LogP) is 1.92. The average Bonchev–Trinajstić information content (AvgIpc) is 2.67. The van der Waals surface area contributed by atoms with Crippen LogP contribution in [-0.2, 0) is 0 Å². The standard InChI is InChI=1S/C17H14FN5O3S/c18-13-7-12(16(25)26)5-6-14(13)23(21)17(22-20)27-9-15(24)11-3-1-10(8-19)2-4-11/h1-7H,9,20-21H2,(H,25,26)/b22-17+. The Bertz CT molecular complexity index is 941. The molecule has 27 heavy (non-hydrogen) atoms. The number of Topliss-reactive ketones (excluding diaryl/α,β-unsaturated/α-hetero) is 1. The van der Waals surface area contributed by atoms with E-state index in [-0.39, 0.29) is 28.0 Å². The van der Waals surface area contributed by atoms with E-state index in [1.165, 1.54) is 36.4 Å². The fourth-order valence-corrected chi connectivity index (χ4v) is 2.79. The quantitative estimate of drug-likeness (QED) is 0.232. The number of carboxylic acid groups (broad SMARTS) is 1. The summed E-state index contributed by atoms with van der Waals surface area (Å²) in [6, 6.07) is 11.2. The molecule has 5 N–H and O–H groups in total. The second-order valence-electron chi connectivity index (χ2n) is 5.15. The Labute approximate surface area is 157 Å². The van der Waals surface area contributed by atoms with E-state index in [1.54, 1.807) is 0 Å². The number of anilines is 1. The van der Waals surface area contributed by atoms with E-state index in [0.717, 1.165) is 22.8 Å². The summed E-state index contributed by atoms with van der Waals surface area (Å²) in [4.78, 5) is 23.1. The number of hydrogen-bond acceptors (Lipinski definition) is 7. The summed E-state index contributed by atoms with van der Waals surface area (Å²) in [6.07, 6.45) is 0. The molecule has 0 aliphatic heterocycles. The van der Waals surface area contributed by atoms with Crippen molar-refractivity contribution < 1.29 is 19.1 Å². The van der Waals surface area contributed by atoms with Gasteiger partial charge in [-0.25, -0.2) is 15.0 Å². The van der Waals surface area contributed by atoms with E-state index >= 15 is 0 Å². The smallest absolute Gasteiger partial charge is 0.335 e. The molecule has 2 rings (SSSR count). The highest BCUT2D eigenvalue weighted by Gasteiger charge is 2.18. The van der Waals surface area contributed by atoms with Gasteiger partial charge in [0.2, 0.25) is 5.17 Å². The number of hydrogen-bond donors (Lipinski definition) is 3. The summed E-state index contributed by atoms with van der Waals surface area (Å²) in [6.45, 7) is 0. The van der Waals surface area contributed by atoms with Crippen LogP contribution in [0.15, 0.2) is 47.6 Å². The second-order valence-corrected chi connectivity index (χ2v) is 6.10. The van der Waals surface area contributed by atoms with Gasteiger partial charge in [-0.2, -0.15) is 10.4 Å². The molecule has 0 heterocycles. The first-order valence-corrected chi connectivity index (χ1v) is 8.37. The van der Waals surface area contributed by atoms with Crippen molar-refractivity contribution in [3.63, 3.8) is 0 Å². The number of thioether (sulfide) groups is 1. The molecule has 2 aromatic carbocycles. The molecule has 8 nitrogen and oxygen atoms in total. The van der Waals surface area contributed by atoms with Gasteiger partial charge in [0.05, 0.1) is 28.6 Å². The molecular formula is C17H14FN5O3S. The number of rotatable bonds is 5. The summed E-state index contributed by atoms with van der Waals surface area (Å²) in [5, 5.41) is 21.9. The topological polar surface area (TPSA) is 146 Å². The molecule has 0 amide bonds. The van der Waals surface area contributed by atoms with Gasteiger partial charge in [-0.1, -0.05) is 23.9 Å². The van der Waals surface area contributed by atoms with Crippen LogP contribution in [0.2, 0.25) is 0 Å². The minimum Gasteiger partial charge on any atom is -0.478 e. The third-order valence-corrected chi connectivity index (χ3v) is 4.41. The Morgan fingerprint density at radius 2 is 1.85 bits per heavy atom. The van der Waals surface area contributed by atoms with Crippen molar-refractivity contribution >= 4 is 34.4 Å². The zero-order valence-electron chi connectivity index (χ0n) is 13.8. The molecule has 0 aliphatic carbocycles. The Hall–Kier alpha value is -3.42. The van der Waals surface area contributed by atoms with Gasteiger partial charge in [-0.15, -0.1) is 0 Å². The van der Waals surface area contributed by atoms with Crippen LogP contribution in [0.4, 0.5) is 10.1 Å². The van der Waals surface area contributed by atoms with Crippen molar-refractivity contribution in [2.45, 2.75) is 0 Å². The van der Waals surface area contributed by atoms with Gasteiger partial charge in [0.1, 0.15) is 5.82 Å². The molecule has 0 spiro atoms. The Kier molecular flexibility index (Phi) is 6.48. The maximum atomic E-state index is 14.1. The maximum absolute atomic E-state index is 14.1. The molecule has 0 fully saturated rings. The van der Waals surface area contributed by atoms with Gasteiger partial charge in [-0.3, -0.25) is 9.80 Å². The number of nitrogens with two attached hydrogens (primary N) is 2. The van der Waals surface area contributed by atoms with Crippen molar-refractivity contribution in [1.82, 2.24) is 0 Å². The van der Waals surface area contributed by atoms with Gasteiger partial charge in [0.15, 0.2) is 5.78 Å². The number of carbonyl (C=O) groups excluding carboxylic acids is 1. The van der Waals surface area contributed by atoms with Crippen LogP contribution in [0, 0.1) is 17.1 Å². The molecule has 0 radical (unpaired) electrons. The first-order valence-electron chi connectivity index (χ1n) is 7.39. The van der Waals surface area contributed by atoms with Crippen LogP contribution in [0.5, 0.6) is 0 Å². The molecule has 0 unspecified atom stereocenters. The van der Waals surface area contributed by atoms with E-state index in [0.29, 0.717) is 11.1 Å². The molecule has 0 saturated carbocycles. The number of carboxylic acids is 1. The summed E-state index contributed by atoms with van der Waals surface area (Å²) in [7, 11) is 0. The molecule has 0 bridgehead atoms. The normalized spacial score (nSPS) is 10.9. The van der Waals surface area contributed by atoms with E-state index in [9.17, 15) is 14.0 Å². The molecule has 0 atom stereocenters. The molecule has 0 saturated heterocycles. The zero-order chi connectivity index (χ0) is 20.0. The first-order chi connectivity index (χ1) is 12.9. The highest BCUT2D eigenvalue weighted by atomic mass is 32.2. The number of halogens is 1. The van der Waals surface area contributed by atoms with Crippen LogP contribution in [0.25, 0.3) is 0 Å². The number of ketones is 1. The number of hydrazine groups is 1. The first kappa shape index (κ1) is 19.9. The largest absolute Gasteiger partial charge is 0.478 e. The van der Waals surface area contributed by atoms with Crippen LogP contribution >= 0.6 is 11.8 Å². The molecule has 0 aliphatic rings. The molecule has 10 heteroatoms. The van der Waals surface area contributed by atoms with Crippen molar-refractivity contribution in [1.29, 1.82) is 5.26 Å². The molecule has 138 valence electrons. The molecule has 0 aromatic heterocycles. The maximum Gasteiger partial charge on any atom is 0.335 e. The van der Waals surface area contributed by atoms with Crippen molar-refractivity contribution in [2.75, 3.05) is 10.8 Å². The average molecular weight is 387 g/mol. The van der Waals surface area contributed by atoms with Crippen LogP contribution in [0.1, 0.15) is 26.3 Å². The summed E-state index contributed by atoms with van der Waals surface area (Å²) in [5.41, 5.74) is 0.428. The minimum absolute atomic E-state index is 0.0426.